The maximum atomic E-state index is 5.84. The van der Waals surface area contributed by atoms with E-state index in [0.717, 1.165) is 26.2 Å². The van der Waals surface area contributed by atoms with Gasteiger partial charge in [0, 0.05) is 0 Å². The van der Waals surface area contributed by atoms with Crippen LogP contribution in [0.25, 0.3) is 0 Å². The first-order chi connectivity index (χ1) is 6.79. The lowest BCUT2D eigenvalue weighted by Crippen LogP contribution is -2.26. The van der Waals surface area contributed by atoms with E-state index in [2.05, 4.69) is 0 Å². The van der Waals surface area contributed by atoms with E-state index in [0.29, 0.717) is 0 Å². The third kappa shape index (κ3) is 5.71. The van der Waals surface area contributed by atoms with E-state index in [4.69, 9.17) is 16.0 Å². The van der Waals surface area contributed by atoms with Crippen molar-refractivity contribution in [2.45, 2.75) is 38.5 Å². The van der Waals surface area contributed by atoms with E-state index < -0.39 is 0 Å². The molecule has 1 rings (SSSR count). The van der Waals surface area contributed by atoms with E-state index in [1.54, 1.807) is 0 Å². The van der Waals surface area contributed by atoms with Crippen LogP contribution in [0.1, 0.15) is 38.5 Å². The smallest absolute Gasteiger partial charge is 0.182 e. The highest BCUT2D eigenvalue weighted by Gasteiger charge is 2.02. The van der Waals surface area contributed by atoms with Gasteiger partial charge >= 0.3 is 0 Å². The quantitative estimate of drug-likeness (QED) is 0.528. The number of hydrogen-bond donors (Lipinski definition) is 0. The number of hydrogen-bond acceptors (Lipinski definition) is 2. The second-order valence-electron chi connectivity index (χ2n) is 4.19. The summed E-state index contributed by atoms with van der Waals surface area (Å²) in [5, 5.41) is 0. The molecule has 0 unspecified atom stereocenters. The minimum atomic E-state index is 1.03. The fraction of sp³-hybridized carbons (Fsp3) is 1.00. The molecule has 14 heavy (non-hydrogen) atoms. The van der Waals surface area contributed by atoms with Gasteiger partial charge in [-0.1, -0.05) is 12.8 Å². The van der Waals surface area contributed by atoms with Crippen molar-refractivity contribution >= 4 is 16.0 Å². The number of nitrogens with zero attached hydrogens (tertiary/aromatic N) is 2. The Morgan fingerprint density at radius 3 is 1.07 bits per heavy atom. The lowest BCUT2D eigenvalue weighted by Gasteiger charge is -2.21. The summed E-state index contributed by atoms with van der Waals surface area (Å²) in [5.41, 5.74) is 0. The van der Waals surface area contributed by atoms with Crippen molar-refractivity contribution < 1.29 is 0 Å². The zero-order valence-corrected chi connectivity index (χ0v) is 9.12. The van der Waals surface area contributed by atoms with Gasteiger partial charge in [0.05, 0.1) is 0 Å². The molecule has 0 aromatic heterocycles. The lowest BCUT2D eigenvalue weighted by atomic mass is 10.1. The minimum absolute atomic E-state index is 1.03. The summed E-state index contributed by atoms with van der Waals surface area (Å²) in [7, 11) is 11.7. The first-order valence-electron chi connectivity index (χ1n) is 5.78. The van der Waals surface area contributed by atoms with Gasteiger partial charge in [-0.15, -0.1) is 0 Å². The highest BCUT2D eigenvalue weighted by molar-refractivity contribution is 6.04. The van der Waals surface area contributed by atoms with Gasteiger partial charge in [-0.2, -0.15) is 0 Å². The Labute approximate surface area is 90.9 Å². The van der Waals surface area contributed by atoms with Gasteiger partial charge in [-0.25, -0.2) is 0 Å². The molecule has 1 saturated heterocycles. The second-order valence-corrected chi connectivity index (χ2v) is 4.19. The van der Waals surface area contributed by atoms with E-state index in [-0.39, 0.29) is 0 Å². The molecule has 4 radical (unpaired) electrons. The van der Waals surface area contributed by atoms with Crippen LogP contribution >= 0.6 is 0 Å². The first kappa shape index (κ1) is 12.1. The van der Waals surface area contributed by atoms with Gasteiger partial charge in [0.1, 0.15) is 0 Å². The molecule has 76 valence electrons. The van der Waals surface area contributed by atoms with Crippen LogP contribution in [0.5, 0.6) is 0 Å². The molecule has 0 aromatic rings. The Bertz CT molecular complexity index is 116. The first-order valence-corrected chi connectivity index (χ1v) is 5.78. The van der Waals surface area contributed by atoms with Crippen LogP contribution in [-0.4, -0.2) is 51.8 Å². The molecule has 0 spiro atoms. The molecular weight excluding hydrogens is 170 g/mol. The molecule has 1 aliphatic heterocycles. The predicted molar refractivity (Wildman–Crippen MR) is 62.4 cm³/mol. The van der Waals surface area contributed by atoms with Crippen LogP contribution in [0.3, 0.4) is 0 Å². The van der Waals surface area contributed by atoms with Crippen LogP contribution in [0.4, 0.5) is 0 Å². The Morgan fingerprint density at radius 1 is 0.500 bits per heavy atom. The highest BCUT2D eigenvalue weighted by Crippen LogP contribution is 2.04. The van der Waals surface area contributed by atoms with Crippen molar-refractivity contribution in [1.29, 1.82) is 0 Å². The van der Waals surface area contributed by atoms with Crippen molar-refractivity contribution in [2.24, 2.45) is 0 Å². The van der Waals surface area contributed by atoms with Gasteiger partial charge < -0.3 is 9.62 Å². The molecular formula is C10H20B2N2. The third-order valence-corrected chi connectivity index (χ3v) is 2.78. The Hall–Kier alpha value is 0.0499. The summed E-state index contributed by atoms with van der Waals surface area (Å²) in [6, 6.07) is 0. The van der Waals surface area contributed by atoms with Gasteiger partial charge in [-0.05, 0) is 51.9 Å². The second kappa shape index (κ2) is 7.36. The molecule has 4 heteroatoms. The van der Waals surface area contributed by atoms with Crippen LogP contribution in [-0.2, 0) is 0 Å². The average molecular weight is 190 g/mol. The molecule has 0 N–H and O–H groups in total. The summed E-state index contributed by atoms with van der Waals surface area (Å²) >= 11 is 0. The van der Waals surface area contributed by atoms with Crippen molar-refractivity contribution in [2.75, 3.05) is 26.2 Å². The topological polar surface area (TPSA) is 6.48 Å². The number of rotatable bonds is 0. The zero-order chi connectivity index (χ0) is 10.2. The van der Waals surface area contributed by atoms with Crippen molar-refractivity contribution in [3.05, 3.63) is 0 Å². The molecule has 1 aliphatic rings. The molecule has 0 atom stereocenters. The highest BCUT2D eigenvalue weighted by atomic mass is 15.0. The maximum Gasteiger partial charge on any atom is 0.182 e. The molecule has 1 fully saturated rings. The average Bonchev–Trinajstić information content (AvgIpc) is 2.14. The monoisotopic (exact) mass is 190 g/mol. The molecule has 0 aliphatic carbocycles. The molecule has 1 heterocycles. The summed E-state index contributed by atoms with van der Waals surface area (Å²) < 4.78 is 0. The molecule has 0 saturated carbocycles. The maximum absolute atomic E-state index is 5.84. The zero-order valence-electron chi connectivity index (χ0n) is 9.12. The molecule has 0 amide bonds. The van der Waals surface area contributed by atoms with Gasteiger partial charge in [0.25, 0.3) is 0 Å². The van der Waals surface area contributed by atoms with E-state index >= 15 is 0 Å². The molecule has 2 nitrogen and oxygen atoms in total. The predicted octanol–water partition coefficient (Wildman–Crippen LogP) is 1.11. The standard InChI is InChI=1S/C10H20B2N2/c11-13-7-3-1-4-8-14(12)10-6-2-5-9-13/h1-10H2. The summed E-state index contributed by atoms with van der Waals surface area (Å²) in [6.45, 7) is 4.13. The largest absolute Gasteiger partial charge is 0.353 e. The minimum Gasteiger partial charge on any atom is -0.353 e. The Kier molecular flexibility index (Phi) is 6.37. The van der Waals surface area contributed by atoms with Crippen LogP contribution < -0.4 is 0 Å². The van der Waals surface area contributed by atoms with Crippen molar-refractivity contribution in [1.82, 2.24) is 9.62 Å². The normalized spacial score (nSPS) is 25.1. The van der Waals surface area contributed by atoms with Crippen LogP contribution in [0, 0.1) is 0 Å². The third-order valence-electron chi connectivity index (χ3n) is 2.78. The Morgan fingerprint density at radius 2 is 0.786 bits per heavy atom. The van der Waals surface area contributed by atoms with Crippen LogP contribution in [0.2, 0.25) is 0 Å². The molecule has 0 aromatic carbocycles. The summed E-state index contributed by atoms with van der Waals surface area (Å²) in [5.74, 6) is 0. The SMILES string of the molecule is [B]N1CCCCCN([B])CCCCC1. The summed E-state index contributed by atoms with van der Waals surface area (Å²) in [4.78, 5) is 3.92. The fourth-order valence-electron chi connectivity index (χ4n) is 1.84. The van der Waals surface area contributed by atoms with Crippen LogP contribution in [0.15, 0.2) is 0 Å². The van der Waals surface area contributed by atoms with Gasteiger partial charge in [-0.3, -0.25) is 0 Å². The lowest BCUT2D eigenvalue weighted by molar-refractivity contribution is 0.367. The Balaban J connectivity index is 2.19. The van der Waals surface area contributed by atoms with E-state index in [1.165, 1.54) is 38.5 Å². The van der Waals surface area contributed by atoms with E-state index in [1.807, 2.05) is 9.62 Å². The van der Waals surface area contributed by atoms with Gasteiger partial charge in [0.2, 0.25) is 0 Å². The van der Waals surface area contributed by atoms with Crippen molar-refractivity contribution in [3.8, 4) is 0 Å². The molecule has 0 bridgehead atoms. The fourth-order valence-corrected chi connectivity index (χ4v) is 1.84. The summed E-state index contributed by atoms with van der Waals surface area (Å²) in [6.07, 6.45) is 7.27. The van der Waals surface area contributed by atoms with Crippen molar-refractivity contribution in [3.63, 3.8) is 0 Å². The van der Waals surface area contributed by atoms with E-state index in [9.17, 15) is 0 Å². The van der Waals surface area contributed by atoms with Gasteiger partial charge in [0.15, 0.2) is 16.0 Å².